The molecule has 0 aliphatic carbocycles. The Hall–Kier alpha value is 4.66. The smallest absolute Gasteiger partial charge is 0 e. The fourth-order valence-electron chi connectivity index (χ4n) is 0. The molecular weight excluding hydrogens is 439 g/mol. The molecule has 0 saturated carbocycles. The minimum atomic E-state index is 0. The molecule has 0 N–H and O–H groups in total. The van der Waals surface area contributed by atoms with Gasteiger partial charge in [-0.15, -0.1) is 0 Å². The van der Waals surface area contributed by atoms with E-state index in [0.29, 0.717) is 0 Å². The number of rotatable bonds is 0. The Morgan fingerprint density at radius 3 is 1.17 bits per heavy atom. The van der Waals surface area contributed by atoms with Crippen LogP contribution in [0.15, 0.2) is 0 Å². The summed E-state index contributed by atoms with van der Waals surface area (Å²) in [5, 5.41) is 0. The Kier molecular flexibility index (Phi) is 255. The largest absolute Gasteiger partial charge is 0 e. The fraction of sp³-hybridized carbons (Fsp3) is 0. The van der Waals surface area contributed by atoms with E-state index in [4.69, 9.17) is 0 Å². The third kappa shape index (κ3) is 23.4. The molecular formula is H12AlAsCaMgPbZn. The normalized spacial score (nSPS) is 0. The van der Waals surface area contributed by atoms with E-state index in [1.165, 1.54) is 0 Å². The van der Waals surface area contributed by atoms with Crippen LogP contribution < -0.4 is 0 Å². The monoisotopic (exact) mass is 450 g/mol. The third-order valence-corrected chi connectivity index (χ3v) is 0. The van der Waals surface area contributed by atoms with Crippen molar-refractivity contribution in [1.82, 2.24) is 0 Å². The Bertz CT molecular complexity index is 25.2. The van der Waals surface area contributed by atoms with Gasteiger partial charge in [-0.1, -0.05) is 0 Å². The maximum Gasteiger partial charge on any atom is 0 e. The van der Waals surface area contributed by atoms with Crippen molar-refractivity contribution in [3.05, 3.63) is 0 Å². The van der Waals surface area contributed by atoms with Gasteiger partial charge in [-0.25, -0.2) is 0 Å². The van der Waals surface area contributed by atoms with E-state index in [0.717, 1.165) is 0 Å². The van der Waals surface area contributed by atoms with Crippen LogP contribution >= 0.6 is 0 Å². The summed E-state index contributed by atoms with van der Waals surface area (Å²) in [5.74, 6) is 0. The summed E-state index contributed by atoms with van der Waals surface area (Å²) in [5.41, 5.74) is 0. The summed E-state index contributed by atoms with van der Waals surface area (Å²) in [6.07, 6.45) is 0. The standard InChI is InChI=1S/Al.AsH3.Ca.Mg.Pb.Zn.9H/h;1H3;;;;;;;;;;;;;/q;;2*+2;;;;;;;;4*-1. The molecule has 2 radical (unpaired) electrons. The minimum Gasteiger partial charge on any atom is 0 e. The molecule has 0 bridgehead atoms. The zero-order valence-electron chi connectivity index (χ0n) is 7.54. The van der Waals surface area contributed by atoms with Gasteiger partial charge in [-0.2, -0.15) is 0 Å². The first-order chi connectivity index (χ1) is 0. The molecule has 6 heteroatoms. The summed E-state index contributed by atoms with van der Waals surface area (Å²) in [7, 11) is 0. The summed E-state index contributed by atoms with van der Waals surface area (Å²) < 4.78 is 0. The van der Waals surface area contributed by atoms with E-state index in [9.17, 15) is 0 Å². The predicted molar refractivity (Wildman–Crippen MR) is 44.4 cm³/mol. The predicted octanol–water partition coefficient (Wildman–Crippen LogP) is -3.60. The Morgan fingerprint density at radius 2 is 1.17 bits per heavy atom. The van der Waals surface area contributed by atoms with Crippen molar-refractivity contribution in [3.63, 3.8) is 0 Å². The van der Waals surface area contributed by atoms with Crippen molar-refractivity contribution in [1.29, 1.82) is 0 Å². The Balaban J connectivity index is 0. The van der Waals surface area contributed by atoms with Crippen LogP contribution in [-0.2, 0) is 19.5 Å². The van der Waals surface area contributed by atoms with Crippen molar-refractivity contribution < 1.29 is 25.2 Å². The molecule has 0 aromatic carbocycles. The van der Waals surface area contributed by atoms with Crippen molar-refractivity contribution in [2.75, 3.05) is 0 Å². The Morgan fingerprint density at radius 1 is 1.17 bits per heavy atom. The first-order valence-electron chi connectivity index (χ1n) is 0. The molecule has 0 saturated heterocycles. The molecule has 0 aromatic rings. The van der Waals surface area contributed by atoms with Gasteiger partial charge in [0.2, 0.25) is 0 Å². The molecule has 6 heavy (non-hydrogen) atoms. The molecule has 0 aliphatic rings. The van der Waals surface area contributed by atoms with Crippen LogP contribution in [0.4, 0.5) is 0 Å². The van der Waals surface area contributed by atoms with Gasteiger partial charge < -0.3 is 5.71 Å². The van der Waals surface area contributed by atoms with Crippen LogP contribution in [0.5, 0.6) is 0 Å². The van der Waals surface area contributed by atoms with E-state index in [1.54, 1.807) is 0 Å². The molecule has 0 spiro atoms. The second kappa shape index (κ2) is 33.4. The maximum absolute atomic E-state index is 0. The van der Waals surface area contributed by atoms with E-state index < -0.39 is 0 Å². The topological polar surface area (TPSA) is 0 Å². The molecule has 0 rings (SSSR count). The van der Waals surface area contributed by atoms with Crippen molar-refractivity contribution in [2.24, 2.45) is 0 Å². The average molecular weight is 451 g/mol. The summed E-state index contributed by atoms with van der Waals surface area (Å²) in [4.78, 5) is 0. The van der Waals surface area contributed by atoms with Gasteiger partial charge in [0.25, 0.3) is 0 Å². The second-order valence-corrected chi connectivity index (χ2v) is 0. The zero-order valence-corrected chi connectivity index (χ0v) is 18.6. The molecule has 1 unspecified atom stereocenters. The van der Waals surface area contributed by atoms with Crippen LogP contribution in [0.2, 0.25) is 0 Å². The second-order valence-electron chi connectivity index (χ2n) is 0. The fourth-order valence-corrected chi connectivity index (χ4v) is 0. The summed E-state index contributed by atoms with van der Waals surface area (Å²) >= 11 is 0. The van der Waals surface area contributed by atoms with Gasteiger partial charge in [0, 0.05) is 19.5 Å². The molecule has 0 aromatic heterocycles. The molecule has 1 atom stereocenters. The average Bonchev–Trinajstić information content (AvgIpc) is 0. The van der Waals surface area contributed by atoms with E-state index in [2.05, 4.69) is 0 Å². The van der Waals surface area contributed by atoms with Gasteiger partial charge in [-0.3, -0.25) is 0 Å². The summed E-state index contributed by atoms with van der Waals surface area (Å²) in [6.45, 7) is 0. The molecule has 0 aliphatic heterocycles. The van der Waals surface area contributed by atoms with E-state index >= 15 is 0 Å². The number of hydrogen-bond acceptors (Lipinski definition) is 0. The van der Waals surface area contributed by atoms with Crippen LogP contribution in [0.1, 0.15) is 5.71 Å². The molecule has 0 fully saturated rings. The SMILES string of the molecule is [AlH3].[AsH3].[Ca+2].[H-].[H-].[H-].[H-].[Mg+2].[PbH2].[Zn]. The van der Waals surface area contributed by atoms with Crippen molar-refractivity contribution in [3.8, 4) is 0 Å². The van der Waals surface area contributed by atoms with Crippen LogP contribution in [0.3, 0.4) is 0 Å². The quantitative estimate of drug-likeness (QED) is 0.335. The maximum atomic E-state index is 0. The van der Waals surface area contributed by atoms with Crippen LogP contribution in [-0.4, -0.2) is 123 Å². The van der Waals surface area contributed by atoms with E-state index in [1.807, 2.05) is 0 Å². The first kappa shape index (κ1) is 45.8. The minimum absolute atomic E-state index is 0. The molecule has 0 nitrogen and oxygen atoms in total. The molecule has 0 heterocycles. The first-order valence-corrected chi connectivity index (χ1v) is 0. The zero-order chi connectivity index (χ0) is 0. The van der Waals surface area contributed by atoms with Crippen LogP contribution in [0, 0.1) is 0 Å². The van der Waals surface area contributed by atoms with Crippen LogP contribution in [0.25, 0.3) is 0 Å². The van der Waals surface area contributed by atoms with Crippen molar-refractivity contribution >= 4 is 123 Å². The van der Waals surface area contributed by atoms with Gasteiger partial charge in [0.05, 0.1) is 0 Å². The van der Waals surface area contributed by atoms with Crippen molar-refractivity contribution in [2.45, 2.75) is 0 Å². The molecule has 0 amide bonds. The van der Waals surface area contributed by atoms with Gasteiger partial charge >= 0.3 is 106 Å². The van der Waals surface area contributed by atoms with Gasteiger partial charge in [0.1, 0.15) is 0 Å². The van der Waals surface area contributed by atoms with Gasteiger partial charge in [0.15, 0.2) is 17.4 Å². The van der Waals surface area contributed by atoms with Gasteiger partial charge in [-0.05, 0) is 0 Å². The van der Waals surface area contributed by atoms with E-state index in [-0.39, 0.29) is 149 Å². The Labute approximate surface area is 145 Å². The third-order valence-electron chi connectivity index (χ3n) is 0. The summed E-state index contributed by atoms with van der Waals surface area (Å²) in [6, 6.07) is 0. The number of hydrogen-bond donors (Lipinski definition) is 0. The molecule has 30 valence electrons.